The minimum atomic E-state index is -0.423. The molecule has 0 radical (unpaired) electrons. The third-order valence-corrected chi connectivity index (χ3v) is 4.56. The van der Waals surface area contributed by atoms with Gasteiger partial charge in [0.2, 0.25) is 0 Å². The molecule has 0 aliphatic rings. The minimum Gasteiger partial charge on any atom is -0.422 e. The van der Waals surface area contributed by atoms with Crippen LogP contribution in [0.1, 0.15) is 31.8 Å². The van der Waals surface area contributed by atoms with Gasteiger partial charge in [-0.25, -0.2) is 4.79 Å². The molecule has 0 N–H and O–H groups in total. The number of allylic oxidation sites excluding steroid dienone is 1. The fourth-order valence-electron chi connectivity index (χ4n) is 2.54. The lowest BCUT2D eigenvalue weighted by molar-refractivity contribution is 0.0733. The molecule has 0 spiro atoms. The van der Waals surface area contributed by atoms with Gasteiger partial charge in [-0.2, -0.15) is 0 Å². The summed E-state index contributed by atoms with van der Waals surface area (Å²) >= 11 is 3.35. The van der Waals surface area contributed by atoms with Gasteiger partial charge in [0.1, 0.15) is 5.75 Å². The molecule has 4 heteroatoms. The van der Waals surface area contributed by atoms with Crippen molar-refractivity contribution in [1.82, 2.24) is 0 Å². The van der Waals surface area contributed by atoms with Crippen LogP contribution in [0, 0.1) is 6.92 Å². The predicted molar refractivity (Wildman–Crippen MR) is 110 cm³/mol. The highest BCUT2D eigenvalue weighted by Gasteiger charge is 2.12. The molecule has 0 atom stereocenters. The Hall–Kier alpha value is -2.98. The third kappa shape index (κ3) is 4.80. The zero-order valence-electron chi connectivity index (χ0n) is 14.7. The molecule has 3 aromatic carbocycles. The summed E-state index contributed by atoms with van der Waals surface area (Å²) in [5, 5.41) is 0. The van der Waals surface area contributed by atoms with E-state index in [4.69, 9.17) is 4.74 Å². The number of benzene rings is 3. The number of hydrogen-bond acceptors (Lipinski definition) is 3. The van der Waals surface area contributed by atoms with Crippen molar-refractivity contribution in [2.45, 2.75) is 6.92 Å². The standard InChI is InChI=1S/C23H17BrO3/c1-16-6-2-4-8-20(16)23(26)27-22-9-5-3-7-18(22)12-15-21(25)17-10-13-19(24)14-11-17/h2-15H,1H3. The molecule has 0 unspecified atom stereocenters. The Labute approximate surface area is 166 Å². The summed E-state index contributed by atoms with van der Waals surface area (Å²) in [5.41, 5.74) is 2.61. The molecule has 0 aliphatic carbocycles. The van der Waals surface area contributed by atoms with Crippen LogP contribution >= 0.6 is 15.9 Å². The SMILES string of the molecule is Cc1ccccc1C(=O)Oc1ccccc1C=CC(=O)c1ccc(Br)cc1. The van der Waals surface area contributed by atoms with E-state index < -0.39 is 5.97 Å². The van der Waals surface area contributed by atoms with Crippen LogP contribution < -0.4 is 4.74 Å². The average molecular weight is 421 g/mol. The lowest BCUT2D eigenvalue weighted by atomic mass is 10.1. The lowest BCUT2D eigenvalue weighted by Gasteiger charge is -2.09. The van der Waals surface area contributed by atoms with Gasteiger partial charge in [-0.05, 0) is 61.0 Å². The monoisotopic (exact) mass is 420 g/mol. The van der Waals surface area contributed by atoms with E-state index in [0.717, 1.165) is 10.0 Å². The second-order valence-corrected chi connectivity index (χ2v) is 6.86. The number of esters is 1. The molecule has 27 heavy (non-hydrogen) atoms. The number of ether oxygens (including phenoxy) is 1. The fourth-order valence-corrected chi connectivity index (χ4v) is 2.81. The van der Waals surface area contributed by atoms with E-state index in [1.54, 1.807) is 48.5 Å². The van der Waals surface area contributed by atoms with Crippen molar-refractivity contribution in [2.24, 2.45) is 0 Å². The Balaban J connectivity index is 1.80. The van der Waals surface area contributed by atoms with Crippen LogP contribution in [-0.4, -0.2) is 11.8 Å². The summed E-state index contributed by atoms with van der Waals surface area (Å²) < 4.78 is 6.47. The highest BCUT2D eigenvalue weighted by atomic mass is 79.9. The molecule has 3 aromatic rings. The molecule has 0 aliphatic heterocycles. The van der Waals surface area contributed by atoms with Crippen molar-refractivity contribution in [3.63, 3.8) is 0 Å². The van der Waals surface area contributed by atoms with Crippen LogP contribution in [0.2, 0.25) is 0 Å². The quantitative estimate of drug-likeness (QED) is 0.224. The minimum absolute atomic E-state index is 0.123. The molecule has 134 valence electrons. The molecule has 0 saturated heterocycles. The van der Waals surface area contributed by atoms with E-state index in [2.05, 4.69) is 15.9 Å². The Kier molecular flexibility index (Phi) is 5.99. The zero-order chi connectivity index (χ0) is 19.2. The van der Waals surface area contributed by atoms with Crippen molar-refractivity contribution >= 4 is 33.8 Å². The molecule has 0 aromatic heterocycles. The Bertz CT molecular complexity index is 1000. The Morgan fingerprint density at radius 1 is 0.889 bits per heavy atom. The number of halogens is 1. The molecule has 0 heterocycles. The van der Waals surface area contributed by atoms with E-state index in [1.807, 2.05) is 37.3 Å². The number of ketones is 1. The molecule has 0 saturated carbocycles. The zero-order valence-corrected chi connectivity index (χ0v) is 16.3. The lowest BCUT2D eigenvalue weighted by Crippen LogP contribution is -2.10. The van der Waals surface area contributed by atoms with Gasteiger partial charge in [-0.3, -0.25) is 4.79 Å². The van der Waals surface area contributed by atoms with Crippen LogP contribution in [0.4, 0.5) is 0 Å². The summed E-state index contributed by atoms with van der Waals surface area (Å²) in [6.45, 7) is 1.86. The Morgan fingerprint density at radius 3 is 2.30 bits per heavy atom. The first-order chi connectivity index (χ1) is 13.0. The van der Waals surface area contributed by atoms with E-state index >= 15 is 0 Å². The van der Waals surface area contributed by atoms with Crippen molar-refractivity contribution in [3.8, 4) is 5.75 Å². The van der Waals surface area contributed by atoms with Crippen LogP contribution in [0.5, 0.6) is 5.75 Å². The van der Waals surface area contributed by atoms with Gasteiger partial charge in [0.25, 0.3) is 0 Å². The average Bonchev–Trinajstić information content (AvgIpc) is 2.68. The highest BCUT2D eigenvalue weighted by Crippen LogP contribution is 2.22. The van der Waals surface area contributed by atoms with Crippen molar-refractivity contribution in [1.29, 1.82) is 0 Å². The summed E-state index contributed by atoms with van der Waals surface area (Å²) in [7, 11) is 0. The van der Waals surface area contributed by atoms with Crippen molar-refractivity contribution in [2.75, 3.05) is 0 Å². The van der Waals surface area contributed by atoms with Gasteiger partial charge in [0.05, 0.1) is 5.56 Å². The topological polar surface area (TPSA) is 43.4 Å². The molecular formula is C23H17BrO3. The number of rotatable bonds is 5. The largest absolute Gasteiger partial charge is 0.422 e. The molecule has 3 nitrogen and oxygen atoms in total. The van der Waals surface area contributed by atoms with Crippen LogP contribution in [0.3, 0.4) is 0 Å². The van der Waals surface area contributed by atoms with Gasteiger partial charge in [0, 0.05) is 15.6 Å². The smallest absolute Gasteiger partial charge is 0.343 e. The van der Waals surface area contributed by atoms with Gasteiger partial charge in [-0.15, -0.1) is 0 Å². The molecule has 0 bridgehead atoms. The van der Waals surface area contributed by atoms with E-state index in [-0.39, 0.29) is 5.78 Å². The first-order valence-electron chi connectivity index (χ1n) is 8.39. The highest BCUT2D eigenvalue weighted by molar-refractivity contribution is 9.10. The second-order valence-electron chi connectivity index (χ2n) is 5.95. The van der Waals surface area contributed by atoms with Gasteiger partial charge < -0.3 is 4.74 Å². The summed E-state index contributed by atoms with van der Waals surface area (Å²) in [4.78, 5) is 24.8. The Morgan fingerprint density at radius 2 is 1.56 bits per heavy atom. The van der Waals surface area contributed by atoms with Gasteiger partial charge in [-0.1, -0.05) is 52.3 Å². The maximum absolute atomic E-state index is 12.5. The predicted octanol–water partition coefficient (Wildman–Crippen LogP) is 5.87. The van der Waals surface area contributed by atoms with Gasteiger partial charge >= 0.3 is 5.97 Å². The summed E-state index contributed by atoms with van der Waals surface area (Å²) in [6, 6.07) is 21.5. The molecule has 0 amide bonds. The molecule has 0 fully saturated rings. The molecular weight excluding hydrogens is 404 g/mol. The third-order valence-electron chi connectivity index (χ3n) is 4.03. The van der Waals surface area contributed by atoms with E-state index in [0.29, 0.717) is 22.4 Å². The van der Waals surface area contributed by atoms with Crippen molar-refractivity contribution in [3.05, 3.63) is 106 Å². The van der Waals surface area contributed by atoms with Crippen LogP contribution in [0.15, 0.2) is 83.3 Å². The number of carbonyl (C=O) groups excluding carboxylic acids is 2. The maximum atomic E-state index is 12.5. The van der Waals surface area contributed by atoms with Gasteiger partial charge in [0.15, 0.2) is 5.78 Å². The summed E-state index contributed by atoms with van der Waals surface area (Å²) in [6.07, 6.45) is 3.13. The number of carbonyl (C=O) groups is 2. The van der Waals surface area contributed by atoms with E-state index in [9.17, 15) is 9.59 Å². The summed E-state index contributed by atoms with van der Waals surface area (Å²) in [5.74, 6) is -0.138. The normalized spacial score (nSPS) is 10.7. The van der Waals surface area contributed by atoms with Crippen LogP contribution in [0.25, 0.3) is 6.08 Å². The first kappa shape index (κ1) is 18.8. The van der Waals surface area contributed by atoms with Crippen molar-refractivity contribution < 1.29 is 14.3 Å². The second kappa shape index (κ2) is 8.60. The maximum Gasteiger partial charge on any atom is 0.343 e. The number of para-hydroxylation sites is 1. The number of hydrogen-bond donors (Lipinski definition) is 0. The van der Waals surface area contributed by atoms with E-state index in [1.165, 1.54) is 6.08 Å². The molecule has 3 rings (SSSR count). The fraction of sp³-hybridized carbons (Fsp3) is 0.0435. The first-order valence-corrected chi connectivity index (χ1v) is 9.19. The number of aryl methyl sites for hydroxylation is 1. The van der Waals surface area contributed by atoms with Crippen LogP contribution in [-0.2, 0) is 0 Å².